The van der Waals surface area contributed by atoms with Crippen LogP contribution in [0, 0.1) is 17.2 Å². The van der Waals surface area contributed by atoms with E-state index in [2.05, 4.69) is 15.9 Å². The molecule has 6 nitrogen and oxygen atoms in total. The van der Waals surface area contributed by atoms with Crippen molar-refractivity contribution < 1.29 is 19.1 Å². The van der Waals surface area contributed by atoms with Gasteiger partial charge in [0.25, 0.3) is 0 Å². The lowest BCUT2D eigenvalue weighted by molar-refractivity contribution is -0.151. The topological polar surface area (TPSA) is 87.5 Å². The van der Waals surface area contributed by atoms with Gasteiger partial charge in [-0.25, -0.2) is 4.79 Å². The molecule has 2 atom stereocenters. The number of hydrogen-bond acceptors (Lipinski definition) is 5. The van der Waals surface area contributed by atoms with Crippen LogP contribution in [0.1, 0.15) is 18.9 Å². The monoisotopic (exact) mass is 440 g/mol. The highest BCUT2D eigenvalue weighted by Crippen LogP contribution is 2.42. The first kappa shape index (κ1) is 19.8. The summed E-state index contributed by atoms with van der Waals surface area (Å²) in [5.41, 5.74) is -1.18. The van der Waals surface area contributed by atoms with Crippen LogP contribution >= 0.6 is 15.9 Å². The summed E-state index contributed by atoms with van der Waals surface area (Å²) >= 11 is 3.32. The number of imide groups is 1. The largest absolute Gasteiger partial charge is 0.465 e. The van der Waals surface area contributed by atoms with Gasteiger partial charge in [0.05, 0.1) is 24.3 Å². The van der Waals surface area contributed by atoms with E-state index in [1.807, 2.05) is 6.07 Å². The predicted molar refractivity (Wildman–Crippen MR) is 105 cm³/mol. The predicted octanol–water partition coefficient (Wildman–Crippen LogP) is 3.35. The Morgan fingerprint density at radius 3 is 2.57 bits per heavy atom. The molecule has 1 fully saturated rings. The summed E-state index contributed by atoms with van der Waals surface area (Å²) in [6.45, 7) is 1.68. The number of amides is 2. The molecule has 2 aromatic rings. The highest BCUT2D eigenvalue weighted by atomic mass is 79.9. The molecule has 0 N–H and O–H groups in total. The average molecular weight is 441 g/mol. The Hall–Kier alpha value is -2.98. The number of nitrogens with zero attached hydrogens (tertiary/aromatic N) is 2. The van der Waals surface area contributed by atoms with Crippen LogP contribution < -0.4 is 4.90 Å². The lowest BCUT2D eigenvalue weighted by Crippen LogP contribution is -2.47. The number of ether oxygens (including phenoxy) is 1. The number of halogens is 1. The number of anilines is 1. The van der Waals surface area contributed by atoms with Gasteiger partial charge in [-0.1, -0.05) is 52.3 Å². The van der Waals surface area contributed by atoms with Crippen molar-refractivity contribution in [3.05, 3.63) is 64.6 Å². The number of hydrogen-bond donors (Lipinski definition) is 0. The van der Waals surface area contributed by atoms with E-state index in [4.69, 9.17) is 4.74 Å². The van der Waals surface area contributed by atoms with Crippen molar-refractivity contribution in [2.75, 3.05) is 11.5 Å². The Kier molecular flexibility index (Phi) is 5.61. The van der Waals surface area contributed by atoms with Crippen LogP contribution in [0.25, 0.3) is 0 Å². The third-order valence-electron chi connectivity index (χ3n) is 4.74. The summed E-state index contributed by atoms with van der Waals surface area (Å²) in [5.74, 6) is -3.06. The van der Waals surface area contributed by atoms with Crippen LogP contribution in [0.4, 0.5) is 5.69 Å². The minimum atomic E-state index is -1.90. The fraction of sp³-hybridized carbons (Fsp3) is 0.238. The molecule has 142 valence electrons. The van der Waals surface area contributed by atoms with Crippen LogP contribution in [0.15, 0.2) is 59.1 Å². The summed E-state index contributed by atoms with van der Waals surface area (Å²) < 4.78 is 5.86. The van der Waals surface area contributed by atoms with Crippen molar-refractivity contribution >= 4 is 39.4 Å². The summed E-state index contributed by atoms with van der Waals surface area (Å²) in [7, 11) is 0. The lowest BCUT2D eigenvalue weighted by Gasteiger charge is -2.29. The molecule has 1 aliphatic heterocycles. The van der Waals surface area contributed by atoms with Crippen molar-refractivity contribution in [2.24, 2.45) is 5.92 Å². The van der Waals surface area contributed by atoms with Gasteiger partial charge in [0.2, 0.25) is 11.8 Å². The standard InChI is InChI=1S/C21H17BrN2O4/c1-2-28-20(27)21(13-23,14-7-4-3-5-8-14)17-12-18(25)24(19(17)26)16-10-6-9-15(22)11-16/h3-11,17H,2,12H2,1H3/t17-,21+/m1/s1. The molecule has 1 saturated heterocycles. The number of nitriles is 1. The second-order valence-electron chi connectivity index (χ2n) is 6.31. The van der Waals surface area contributed by atoms with Gasteiger partial charge >= 0.3 is 5.97 Å². The molecule has 0 aromatic heterocycles. The molecule has 0 radical (unpaired) electrons. The zero-order valence-electron chi connectivity index (χ0n) is 15.1. The van der Waals surface area contributed by atoms with Gasteiger partial charge in [-0.2, -0.15) is 5.26 Å². The second kappa shape index (κ2) is 7.95. The van der Waals surface area contributed by atoms with Crippen LogP contribution in [0.2, 0.25) is 0 Å². The first-order valence-corrected chi connectivity index (χ1v) is 9.51. The minimum absolute atomic E-state index is 0.0549. The van der Waals surface area contributed by atoms with Crippen molar-refractivity contribution in [1.82, 2.24) is 0 Å². The molecule has 0 aliphatic carbocycles. The van der Waals surface area contributed by atoms with E-state index in [9.17, 15) is 19.6 Å². The van der Waals surface area contributed by atoms with Crippen LogP contribution in [0.3, 0.4) is 0 Å². The maximum Gasteiger partial charge on any atom is 0.331 e. The number of carbonyl (C=O) groups excluding carboxylic acids is 3. The van der Waals surface area contributed by atoms with Gasteiger partial charge in [0.1, 0.15) is 0 Å². The Balaban J connectivity index is 2.11. The van der Waals surface area contributed by atoms with Crippen molar-refractivity contribution in [3.63, 3.8) is 0 Å². The van der Waals surface area contributed by atoms with E-state index in [1.165, 1.54) is 0 Å². The van der Waals surface area contributed by atoms with Crippen molar-refractivity contribution in [1.29, 1.82) is 5.26 Å². The van der Waals surface area contributed by atoms with Gasteiger partial charge in [-0.3, -0.25) is 14.5 Å². The fourth-order valence-electron chi connectivity index (χ4n) is 3.45. The van der Waals surface area contributed by atoms with E-state index in [-0.39, 0.29) is 13.0 Å². The van der Waals surface area contributed by atoms with E-state index >= 15 is 0 Å². The molecule has 7 heteroatoms. The Labute approximate surface area is 170 Å². The zero-order chi connectivity index (χ0) is 20.3. The van der Waals surface area contributed by atoms with E-state index in [1.54, 1.807) is 61.5 Å². The smallest absolute Gasteiger partial charge is 0.331 e. The maximum absolute atomic E-state index is 13.2. The number of esters is 1. The molecule has 0 unspecified atom stereocenters. The molecule has 3 rings (SSSR count). The highest BCUT2D eigenvalue weighted by Gasteiger charge is 2.58. The fourth-order valence-corrected chi connectivity index (χ4v) is 3.84. The van der Waals surface area contributed by atoms with Gasteiger partial charge < -0.3 is 4.74 Å². The van der Waals surface area contributed by atoms with Crippen LogP contribution in [-0.2, 0) is 24.5 Å². The Morgan fingerprint density at radius 2 is 1.96 bits per heavy atom. The number of benzene rings is 2. The minimum Gasteiger partial charge on any atom is -0.465 e. The van der Waals surface area contributed by atoms with E-state index in [0.29, 0.717) is 15.7 Å². The van der Waals surface area contributed by atoms with Gasteiger partial charge in [0.15, 0.2) is 5.41 Å². The molecule has 0 saturated carbocycles. The SMILES string of the molecule is CCOC(=O)[C@@](C#N)(c1ccccc1)[C@@H]1CC(=O)N(c2cccc(Br)c2)C1=O. The number of carbonyl (C=O) groups is 3. The summed E-state index contributed by atoms with van der Waals surface area (Å²) in [6, 6.07) is 17.0. The Bertz CT molecular complexity index is 970. The van der Waals surface area contributed by atoms with Crippen LogP contribution in [-0.4, -0.2) is 24.4 Å². The number of rotatable bonds is 5. The average Bonchev–Trinajstić information content (AvgIpc) is 2.98. The summed E-state index contributed by atoms with van der Waals surface area (Å²) in [6.07, 6.45) is -0.257. The quantitative estimate of drug-likeness (QED) is 0.525. The van der Waals surface area contributed by atoms with Gasteiger partial charge in [-0.05, 0) is 30.7 Å². The van der Waals surface area contributed by atoms with E-state index < -0.39 is 29.1 Å². The second-order valence-corrected chi connectivity index (χ2v) is 7.23. The lowest BCUT2D eigenvalue weighted by atomic mass is 9.70. The van der Waals surface area contributed by atoms with Gasteiger partial charge in [0, 0.05) is 10.9 Å². The third kappa shape index (κ3) is 3.20. The van der Waals surface area contributed by atoms with Gasteiger partial charge in [-0.15, -0.1) is 0 Å². The van der Waals surface area contributed by atoms with E-state index in [0.717, 1.165) is 4.90 Å². The molecular weight excluding hydrogens is 424 g/mol. The molecular formula is C21H17BrN2O4. The molecule has 2 aromatic carbocycles. The molecule has 0 bridgehead atoms. The molecule has 1 aliphatic rings. The summed E-state index contributed by atoms with van der Waals surface area (Å²) in [4.78, 5) is 39.9. The first-order chi connectivity index (χ1) is 13.5. The summed E-state index contributed by atoms with van der Waals surface area (Å²) in [5, 5.41) is 10.1. The zero-order valence-corrected chi connectivity index (χ0v) is 16.7. The highest BCUT2D eigenvalue weighted by molar-refractivity contribution is 9.10. The Morgan fingerprint density at radius 1 is 1.25 bits per heavy atom. The first-order valence-electron chi connectivity index (χ1n) is 8.72. The molecule has 2 amide bonds. The molecule has 1 heterocycles. The third-order valence-corrected chi connectivity index (χ3v) is 5.23. The normalized spacial score (nSPS) is 18.5. The van der Waals surface area contributed by atoms with Crippen molar-refractivity contribution in [2.45, 2.75) is 18.8 Å². The van der Waals surface area contributed by atoms with Crippen LogP contribution in [0.5, 0.6) is 0 Å². The molecule has 28 heavy (non-hydrogen) atoms. The molecule has 0 spiro atoms. The van der Waals surface area contributed by atoms with Crippen molar-refractivity contribution in [3.8, 4) is 6.07 Å². The maximum atomic E-state index is 13.2.